The molecule has 3 rings (SSSR count). The van der Waals surface area contributed by atoms with Crippen molar-refractivity contribution in [1.29, 1.82) is 0 Å². The van der Waals surface area contributed by atoms with Gasteiger partial charge < -0.3 is 10.1 Å². The van der Waals surface area contributed by atoms with Crippen molar-refractivity contribution < 1.29 is 4.74 Å². The third kappa shape index (κ3) is 2.73. The van der Waals surface area contributed by atoms with Crippen LogP contribution in [0.2, 0.25) is 5.28 Å². The molecule has 2 unspecified atom stereocenters. The maximum Gasteiger partial charge on any atom is 0.256 e. The number of anilines is 1. The van der Waals surface area contributed by atoms with Gasteiger partial charge in [0.15, 0.2) is 0 Å². The maximum absolute atomic E-state index is 5.95. The maximum atomic E-state index is 5.95. The number of rotatable bonds is 4. The molecule has 1 N–H and O–H groups in total. The Kier molecular flexibility index (Phi) is 3.79. The SMILES string of the molecule is COC1CCCC1Nc1nc(Cl)nc(-n2cccn2)n1. The van der Waals surface area contributed by atoms with Crippen LogP contribution in [-0.2, 0) is 4.74 Å². The topological polar surface area (TPSA) is 77.8 Å². The van der Waals surface area contributed by atoms with E-state index in [4.69, 9.17) is 16.3 Å². The predicted molar refractivity (Wildman–Crippen MR) is 74.0 cm³/mol. The Morgan fingerprint density at radius 3 is 3.00 bits per heavy atom. The smallest absolute Gasteiger partial charge is 0.256 e. The molecule has 2 atom stereocenters. The van der Waals surface area contributed by atoms with Crippen LogP contribution in [0, 0.1) is 0 Å². The van der Waals surface area contributed by atoms with E-state index in [2.05, 4.69) is 25.4 Å². The standard InChI is InChI=1S/C12H15ClN6O/c1-20-9-5-2-4-8(9)15-11-16-10(13)17-12(18-11)19-7-3-6-14-19/h3,6-9H,2,4-5H2,1H3,(H,15,16,17,18). The van der Waals surface area contributed by atoms with Crippen LogP contribution in [0.5, 0.6) is 0 Å². The monoisotopic (exact) mass is 294 g/mol. The second-order valence-electron chi connectivity index (χ2n) is 4.63. The van der Waals surface area contributed by atoms with E-state index in [0.717, 1.165) is 19.3 Å². The van der Waals surface area contributed by atoms with Gasteiger partial charge in [0, 0.05) is 19.5 Å². The normalized spacial score (nSPS) is 22.1. The van der Waals surface area contributed by atoms with Gasteiger partial charge in [-0.15, -0.1) is 0 Å². The molecular formula is C12H15ClN6O. The number of methoxy groups -OCH3 is 1. The highest BCUT2D eigenvalue weighted by Crippen LogP contribution is 2.24. The van der Waals surface area contributed by atoms with Crippen molar-refractivity contribution in [3.63, 3.8) is 0 Å². The molecule has 2 heterocycles. The number of hydrogen-bond donors (Lipinski definition) is 1. The molecule has 2 aromatic heterocycles. The van der Waals surface area contributed by atoms with Gasteiger partial charge in [-0.2, -0.15) is 20.1 Å². The van der Waals surface area contributed by atoms with E-state index in [9.17, 15) is 0 Å². The summed E-state index contributed by atoms with van der Waals surface area (Å²) in [6.45, 7) is 0. The first-order valence-electron chi connectivity index (χ1n) is 6.47. The van der Waals surface area contributed by atoms with Crippen molar-refractivity contribution in [2.75, 3.05) is 12.4 Å². The van der Waals surface area contributed by atoms with Crippen LogP contribution in [0.4, 0.5) is 5.95 Å². The lowest BCUT2D eigenvalue weighted by atomic mass is 10.2. The summed E-state index contributed by atoms with van der Waals surface area (Å²) in [7, 11) is 1.72. The van der Waals surface area contributed by atoms with Crippen LogP contribution < -0.4 is 5.32 Å². The molecule has 0 aromatic carbocycles. The van der Waals surface area contributed by atoms with E-state index in [1.807, 2.05) is 0 Å². The van der Waals surface area contributed by atoms with E-state index < -0.39 is 0 Å². The summed E-state index contributed by atoms with van der Waals surface area (Å²) in [6.07, 6.45) is 6.78. The van der Waals surface area contributed by atoms with Gasteiger partial charge in [0.1, 0.15) is 0 Å². The number of halogens is 1. The molecule has 20 heavy (non-hydrogen) atoms. The average molecular weight is 295 g/mol. The Bertz CT molecular complexity index is 575. The van der Waals surface area contributed by atoms with Crippen molar-refractivity contribution in [3.05, 3.63) is 23.7 Å². The lowest BCUT2D eigenvalue weighted by molar-refractivity contribution is 0.101. The predicted octanol–water partition coefficient (Wildman–Crippen LogP) is 1.69. The first-order chi connectivity index (χ1) is 9.76. The van der Waals surface area contributed by atoms with Gasteiger partial charge in [-0.05, 0) is 36.9 Å². The van der Waals surface area contributed by atoms with Crippen molar-refractivity contribution in [1.82, 2.24) is 24.7 Å². The van der Waals surface area contributed by atoms with Crippen LogP contribution in [0.1, 0.15) is 19.3 Å². The van der Waals surface area contributed by atoms with Crippen LogP contribution in [-0.4, -0.2) is 44.0 Å². The molecule has 0 aliphatic heterocycles. The minimum absolute atomic E-state index is 0.139. The Morgan fingerprint density at radius 2 is 2.25 bits per heavy atom. The first kappa shape index (κ1) is 13.3. The molecule has 1 fully saturated rings. The largest absolute Gasteiger partial charge is 0.379 e. The first-order valence-corrected chi connectivity index (χ1v) is 6.85. The quantitative estimate of drug-likeness (QED) is 0.924. The fourth-order valence-corrected chi connectivity index (χ4v) is 2.59. The van der Waals surface area contributed by atoms with Gasteiger partial charge >= 0.3 is 0 Å². The molecule has 0 spiro atoms. The van der Waals surface area contributed by atoms with Gasteiger partial charge in [0.25, 0.3) is 5.95 Å². The number of nitrogens with one attached hydrogen (secondary N) is 1. The van der Waals surface area contributed by atoms with Crippen LogP contribution in [0.15, 0.2) is 18.5 Å². The van der Waals surface area contributed by atoms with E-state index >= 15 is 0 Å². The average Bonchev–Trinajstić information content (AvgIpc) is 3.08. The lowest BCUT2D eigenvalue weighted by Crippen LogP contribution is -2.30. The van der Waals surface area contributed by atoms with Crippen LogP contribution >= 0.6 is 11.6 Å². The van der Waals surface area contributed by atoms with Gasteiger partial charge in [0.2, 0.25) is 11.2 Å². The summed E-state index contributed by atoms with van der Waals surface area (Å²) in [5, 5.41) is 7.50. The molecule has 1 saturated carbocycles. The molecule has 0 radical (unpaired) electrons. The fourth-order valence-electron chi connectivity index (χ4n) is 2.43. The number of aromatic nitrogens is 5. The van der Waals surface area contributed by atoms with Crippen molar-refractivity contribution >= 4 is 17.5 Å². The number of hydrogen-bond acceptors (Lipinski definition) is 6. The molecule has 8 heteroatoms. The highest BCUT2D eigenvalue weighted by Gasteiger charge is 2.27. The Labute approximate surface area is 121 Å². The summed E-state index contributed by atoms with van der Waals surface area (Å²) in [5.74, 6) is 0.842. The second-order valence-corrected chi connectivity index (χ2v) is 4.97. The molecule has 0 saturated heterocycles. The van der Waals surface area contributed by atoms with Crippen molar-refractivity contribution in [2.45, 2.75) is 31.4 Å². The molecule has 0 bridgehead atoms. The third-order valence-electron chi connectivity index (χ3n) is 3.38. The van der Waals surface area contributed by atoms with E-state index in [1.165, 1.54) is 0 Å². The van der Waals surface area contributed by atoms with E-state index in [0.29, 0.717) is 11.9 Å². The Morgan fingerprint density at radius 1 is 1.35 bits per heavy atom. The minimum atomic E-state index is 0.139. The zero-order valence-electron chi connectivity index (χ0n) is 11.0. The van der Waals surface area contributed by atoms with Crippen molar-refractivity contribution in [2.24, 2.45) is 0 Å². The highest BCUT2D eigenvalue weighted by atomic mass is 35.5. The van der Waals surface area contributed by atoms with Gasteiger partial charge in [-0.1, -0.05) is 0 Å². The summed E-state index contributed by atoms with van der Waals surface area (Å²) >= 11 is 5.95. The zero-order chi connectivity index (χ0) is 13.9. The molecule has 2 aromatic rings. The summed E-state index contributed by atoms with van der Waals surface area (Å²) in [5.41, 5.74) is 0. The van der Waals surface area contributed by atoms with E-state index in [1.54, 1.807) is 30.3 Å². The second kappa shape index (κ2) is 5.72. The summed E-state index contributed by atoms with van der Waals surface area (Å²) in [6, 6.07) is 1.99. The van der Waals surface area contributed by atoms with Crippen molar-refractivity contribution in [3.8, 4) is 5.95 Å². The minimum Gasteiger partial charge on any atom is -0.379 e. The molecule has 1 aliphatic carbocycles. The molecule has 106 valence electrons. The van der Waals surface area contributed by atoms with Crippen LogP contribution in [0.25, 0.3) is 5.95 Å². The fraction of sp³-hybridized carbons (Fsp3) is 0.500. The van der Waals surface area contributed by atoms with Crippen LogP contribution in [0.3, 0.4) is 0 Å². The van der Waals surface area contributed by atoms with E-state index in [-0.39, 0.29) is 17.4 Å². The van der Waals surface area contributed by atoms with Gasteiger partial charge in [-0.25, -0.2) is 4.68 Å². The molecular weight excluding hydrogens is 280 g/mol. The lowest BCUT2D eigenvalue weighted by Gasteiger charge is -2.19. The zero-order valence-corrected chi connectivity index (χ0v) is 11.8. The Hall–Kier alpha value is -1.73. The van der Waals surface area contributed by atoms with Gasteiger partial charge in [-0.3, -0.25) is 0 Å². The highest BCUT2D eigenvalue weighted by molar-refractivity contribution is 6.28. The summed E-state index contributed by atoms with van der Waals surface area (Å²) < 4.78 is 6.99. The molecule has 7 nitrogen and oxygen atoms in total. The summed E-state index contributed by atoms with van der Waals surface area (Å²) in [4.78, 5) is 12.5. The number of nitrogens with zero attached hydrogens (tertiary/aromatic N) is 5. The molecule has 1 aliphatic rings. The Balaban J connectivity index is 1.83. The van der Waals surface area contributed by atoms with Gasteiger partial charge in [0.05, 0.1) is 12.1 Å². The molecule has 0 amide bonds. The third-order valence-corrected chi connectivity index (χ3v) is 3.54. The number of ether oxygens (including phenoxy) is 1.